The van der Waals surface area contributed by atoms with Gasteiger partial charge >= 0.3 is 0 Å². The first-order valence-electron chi connectivity index (χ1n) is 3.46. The Morgan fingerprint density at radius 2 is 2.38 bits per heavy atom. The number of hydrogen-bond acceptors (Lipinski definition) is 4. The van der Waals surface area contributed by atoms with E-state index in [1.165, 1.54) is 12.4 Å². The third-order valence-electron chi connectivity index (χ3n) is 1.67. The number of H-pyrrole nitrogens is 1. The first kappa shape index (κ1) is 7.93. The van der Waals surface area contributed by atoms with Crippen LogP contribution in [0.1, 0.15) is 10.4 Å². The molecule has 0 fully saturated rings. The fraction of sp³-hybridized carbons (Fsp3) is 0. The fourth-order valence-corrected chi connectivity index (χ4v) is 1.66. The first-order valence-corrected chi connectivity index (χ1v) is 4.23. The van der Waals surface area contributed by atoms with Crippen LogP contribution in [0.5, 0.6) is 0 Å². The summed E-state index contributed by atoms with van der Waals surface area (Å²) in [5.41, 5.74) is 4.60. The molecule has 0 saturated carbocycles. The van der Waals surface area contributed by atoms with Crippen LogP contribution in [-0.2, 0) is 0 Å². The predicted molar refractivity (Wildman–Crippen MR) is 48.8 cm³/mol. The van der Waals surface area contributed by atoms with E-state index in [9.17, 15) is 9.59 Å². The van der Waals surface area contributed by atoms with Crippen molar-refractivity contribution in [2.45, 2.75) is 0 Å². The minimum absolute atomic E-state index is 0.0345. The molecular formula is C7H5N3O2S. The summed E-state index contributed by atoms with van der Waals surface area (Å²) in [5, 5.41) is 0.404. The largest absolute Gasteiger partial charge is 0.365 e. The molecule has 2 rings (SSSR count). The monoisotopic (exact) mass is 195 g/mol. The number of nitrogens with two attached hydrogens (primary N) is 1. The molecule has 2 aromatic heterocycles. The Morgan fingerprint density at radius 3 is 3.08 bits per heavy atom. The summed E-state index contributed by atoms with van der Waals surface area (Å²) < 4.78 is 3.82. The maximum Gasteiger partial charge on any atom is 0.254 e. The number of pyridine rings is 1. The standard InChI is InChI=1S/C7H5N3O2S/c8-6(12)3-1-9-7-4(5(3)11)2-10-13-7/h1-2H,(H2,8,12)(H,9,11). The van der Waals surface area contributed by atoms with Crippen LogP contribution in [0.2, 0.25) is 0 Å². The Hall–Kier alpha value is -1.69. The minimum Gasteiger partial charge on any atom is -0.365 e. The van der Waals surface area contributed by atoms with Gasteiger partial charge < -0.3 is 10.7 Å². The first-order chi connectivity index (χ1) is 6.20. The van der Waals surface area contributed by atoms with Gasteiger partial charge in [0.05, 0.1) is 11.6 Å². The molecule has 3 N–H and O–H groups in total. The molecule has 0 saturated heterocycles. The van der Waals surface area contributed by atoms with Crippen LogP contribution >= 0.6 is 11.5 Å². The number of rotatable bonds is 1. The Bertz CT molecular complexity index is 528. The van der Waals surface area contributed by atoms with Crippen molar-refractivity contribution < 1.29 is 4.79 Å². The third-order valence-corrected chi connectivity index (χ3v) is 2.40. The van der Waals surface area contributed by atoms with Crippen molar-refractivity contribution in [3.8, 4) is 0 Å². The average Bonchev–Trinajstić information content (AvgIpc) is 2.52. The normalized spacial score (nSPS) is 10.5. The molecule has 2 aromatic rings. The molecule has 0 unspecified atom stereocenters. The molecule has 0 aromatic carbocycles. The smallest absolute Gasteiger partial charge is 0.254 e. The van der Waals surface area contributed by atoms with Crippen molar-refractivity contribution in [1.82, 2.24) is 9.36 Å². The van der Waals surface area contributed by atoms with Gasteiger partial charge in [0.15, 0.2) is 0 Å². The van der Waals surface area contributed by atoms with Gasteiger partial charge in [0.1, 0.15) is 10.4 Å². The summed E-state index contributed by atoms with van der Waals surface area (Å²) in [6.45, 7) is 0. The Kier molecular flexibility index (Phi) is 1.63. The van der Waals surface area contributed by atoms with Crippen molar-refractivity contribution in [3.05, 3.63) is 28.2 Å². The van der Waals surface area contributed by atoms with Gasteiger partial charge in [0, 0.05) is 6.20 Å². The predicted octanol–water partition coefficient (Wildman–Crippen LogP) is 0.0835. The molecule has 0 radical (unpaired) electrons. The SMILES string of the molecule is NC(=O)c1c[nH]c2sncc2c1=O. The Balaban J connectivity index is 2.89. The van der Waals surface area contributed by atoms with E-state index < -0.39 is 5.91 Å². The maximum atomic E-state index is 11.5. The highest BCUT2D eigenvalue weighted by Crippen LogP contribution is 2.10. The van der Waals surface area contributed by atoms with E-state index in [4.69, 9.17) is 5.73 Å². The summed E-state index contributed by atoms with van der Waals surface area (Å²) in [4.78, 5) is 25.7. The van der Waals surface area contributed by atoms with E-state index in [1.54, 1.807) is 0 Å². The Morgan fingerprint density at radius 1 is 1.62 bits per heavy atom. The van der Waals surface area contributed by atoms with Crippen LogP contribution in [0.4, 0.5) is 0 Å². The van der Waals surface area contributed by atoms with Gasteiger partial charge in [-0.05, 0) is 11.5 Å². The highest BCUT2D eigenvalue weighted by Gasteiger charge is 2.10. The second kappa shape index (κ2) is 2.67. The number of carbonyl (C=O) groups excluding carboxylic acids is 1. The van der Waals surface area contributed by atoms with E-state index in [0.717, 1.165) is 11.5 Å². The molecule has 66 valence electrons. The summed E-state index contributed by atoms with van der Waals surface area (Å²) in [6, 6.07) is 0. The average molecular weight is 195 g/mol. The summed E-state index contributed by atoms with van der Waals surface area (Å²) >= 11 is 1.16. The highest BCUT2D eigenvalue weighted by molar-refractivity contribution is 7.12. The van der Waals surface area contributed by atoms with E-state index in [2.05, 4.69) is 9.36 Å². The molecule has 0 aliphatic rings. The van der Waals surface area contributed by atoms with E-state index in [1.807, 2.05) is 0 Å². The van der Waals surface area contributed by atoms with Gasteiger partial charge in [-0.15, -0.1) is 0 Å². The lowest BCUT2D eigenvalue weighted by molar-refractivity contribution is 0.0999. The van der Waals surface area contributed by atoms with Crippen molar-refractivity contribution >= 4 is 27.7 Å². The molecule has 6 heteroatoms. The van der Waals surface area contributed by atoms with E-state index >= 15 is 0 Å². The van der Waals surface area contributed by atoms with Gasteiger partial charge in [-0.1, -0.05) is 0 Å². The number of nitrogens with one attached hydrogen (secondary N) is 1. The van der Waals surface area contributed by atoms with Gasteiger partial charge in [0.2, 0.25) is 5.43 Å². The van der Waals surface area contributed by atoms with Crippen LogP contribution in [0.15, 0.2) is 17.2 Å². The molecule has 0 atom stereocenters. The zero-order valence-electron chi connectivity index (χ0n) is 6.40. The van der Waals surface area contributed by atoms with E-state index in [-0.39, 0.29) is 11.0 Å². The zero-order chi connectivity index (χ0) is 9.42. The number of primary amides is 1. The maximum absolute atomic E-state index is 11.5. The van der Waals surface area contributed by atoms with Gasteiger partial charge in [-0.2, -0.15) is 4.37 Å². The number of aromatic amines is 1. The van der Waals surface area contributed by atoms with Crippen LogP contribution in [0, 0.1) is 0 Å². The molecule has 0 aliphatic heterocycles. The lowest BCUT2D eigenvalue weighted by atomic mass is 10.2. The summed E-state index contributed by atoms with van der Waals surface area (Å²) in [5.74, 6) is -0.727. The second-order valence-electron chi connectivity index (χ2n) is 2.46. The number of hydrogen-bond donors (Lipinski definition) is 2. The summed E-state index contributed by atoms with van der Waals surface area (Å²) in [7, 11) is 0. The summed E-state index contributed by atoms with van der Waals surface area (Å²) in [6.07, 6.45) is 2.73. The number of aromatic nitrogens is 2. The van der Waals surface area contributed by atoms with Crippen molar-refractivity contribution in [2.75, 3.05) is 0 Å². The van der Waals surface area contributed by atoms with Gasteiger partial charge in [-0.25, -0.2) is 0 Å². The van der Waals surface area contributed by atoms with Crippen LogP contribution < -0.4 is 11.2 Å². The molecule has 0 aliphatic carbocycles. The number of nitrogens with zero attached hydrogens (tertiary/aromatic N) is 1. The Labute approximate surface area is 76.4 Å². The fourth-order valence-electron chi connectivity index (χ4n) is 1.04. The quantitative estimate of drug-likeness (QED) is 0.675. The lowest BCUT2D eigenvalue weighted by Gasteiger charge is -1.93. The second-order valence-corrected chi connectivity index (χ2v) is 3.27. The van der Waals surface area contributed by atoms with Crippen molar-refractivity contribution in [1.29, 1.82) is 0 Å². The molecule has 13 heavy (non-hydrogen) atoms. The van der Waals surface area contributed by atoms with Crippen LogP contribution in [-0.4, -0.2) is 15.3 Å². The van der Waals surface area contributed by atoms with E-state index in [0.29, 0.717) is 10.2 Å². The number of fused-ring (bicyclic) bond motifs is 1. The molecule has 0 spiro atoms. The van der Waals surface area contributed by atoms with Crippen LogP contribution in [0.25, 0.3) is 10.2 Å². The molecule has 5 nitrogen and oxygen atoms in total. The third kappa shape index (κ3) is 1.11. The highest BCUT2D eigenvalue weighted by atomic mass is 32.1. The lowest BCUT2D eigenvalue weighted by Crippen LogP contribution is -2.21. The number of amides is 1. The molecule has 0 bridgehead atoms. The topological polar surface area (TPSA) is 88.8 Å². The minimum atomic E-state index is -0.727. The molecular weight excluding hydrogens is 190 g/mol. The van der Waals surface area contributed by atoms with Crippen molar-refractivity contribution in [3.63, 3.8) is 0 Å². The van der Waals surface area contributed by atoms with Crippen LogP contribution in [0.3, 0.4) is 0 Å². The van der Waals surface area contributed by atoms with Gasteiger partial charge in [0.25, 0.3) is 5.91 Å². The zero-order valence-corrected chi connectivity index (χ0v) is 7.22. The molecule has 2 heterocycles. The van der Waals surface area contributed by atoms with Crippen molar-refractivity contribution in [2.24, 2.45) is 5.73 Å². The number of carbonyl (C=O) groups is 1. The molecule has 1 amide bonds. The van der Waals surface area contributed by atoms with Gasteiger partial charge in [-0.3, -0.25) is 9.59 Å².